The van der Waals surface area contributed by atoms with E-state index < -0.39 is 0 Å². The molecule has 2 unspecified atom stereocenters. The van der Waals surface area contributed by atoms with Crippen LogP contribution in [0.1, 0.15) is 33.1 Å². The van der Waals surface area contributed by atoms with Gasteiger partial charge in [-0.3, -0.25) is 0 Å². The van der Waals surface area contributed by atoms with E-state index in [-0.39, 0.29) is 12.2 Å². The van der Waals surface area contributed by atoms with Gasteiger partial charge in [-0.05, 0) is 38.3 Å². The van der Waals surface area contributed by atoms with Crippen LogP contribution in [0.3, 0.4) is 0 Å². The number of hydrogen-bond acceptors (Lipinski definition) is 4. The molecule has 4 nitrogen and oxygen atoms in total. The summed E-state index contributed by atoms with van der Waals surface area (Å²) in [5.74, 6) is 0.724. The van der Waals surface area contributed by atoms with Gasteiger partial charge in [0.2, 0.25) is 0 Å². The number of rotatable bonds is 5. The lowest BCUT2D eigenvalue weighted by Gasteiger charge is -2.38. The Bertz CT molecular complexity index is 484. The Kier molecular flexibility index (Phi) is 4.86. The second kappa shape index (κ2) is 6.62. The van der Waals surface area contributed by atoms with Crippen LogP contribution in [0.5, 0.6) is 5.75 Å². The van der Waals surface area contributed by atoms with Gasteiger partial charge in [-0.15, -0.1) is 0 Å². The molecule has 20 heavy (non-hydrogen) atoms. The first-order valence-electron chi connectivity index (χ1n) is 7.15. The van der Waals surface area contributed by atoms with Crippen LogP contribution in [0, 0.1) is 11.3 Å². The molecule has 0 spiro atoms. The minimum atomic E-state index is -0.0230. The van der Waals surface area contributed by atoms with Gasteiger partial charge in [0.15, 0.2) is 6.61 Å². The smallest absolute Gasteiger partial charge is 0.174 e. The minimum Gasteiger partial charge on any atom is -0.479 e. The van der Waals surface area contributed by atoms with Gasteiger partial charge in [-0.1, -0.05) is 13.0 Å². The second-order valence-corrected chi connectivity index (χ2v) is 5.46. The number of nitrogens with zero attached hydrogens (tertiary/aromatic N) is 1. The zero-order valence-corrected chi connectivity index (χ0v) is 12.2. The van der Waals surface area contributed by atoms with Crippen molar-refractivity contribution in [1.29, 1.82) is 5.26 Å². The largest absolute Gasteiger partial charge is 0.479 e. The molecule has 108 valence electrons. The topological polar surface area (TPSA) is 54.3 Å². The van der Waals surface area contributed by atoms with Crippen molar-refractivity contribution in [2.24, 2.45) is 0 Å². The van der Waals surface area contributed by atoms with Crippen molar-refractivity contribution in [2.75, 3.05) is 18.5 Å². The molecule has 0 amide bonds. The molecule has 0 bridgehead atoms. The van der Waals surface area contributed by atoms with E-state index in [4.69, 9.17) is 14.7 Å². The van der Waals surface area contributed by atoms with Crippen molar-refractivity contribution in [2.45, 2.75) is 44.8 Å². The van der Waals surface area contributed by atoms with Gasteiger partial charge in [0.1, 0.15) is 11.8 Å². The predicted octanol–water partition coefficient (Wildman–Crippen LogP) is 3.35. The molecule has 1 saturated heterocycles. The Labute approximate surface area is 120 Å². The number of hydrogen-bond donors (Lipinski definition) is 1. The van der Waals surface area contributed by atoms with Crippen molar-refractivity contribution < 1.29 is 9.47 Å². The number of nitriles is 1. The summed E-state index contributed by atoms with van der Waals surface area (Å²) in [7, 11) is 0. The zero-order chi connectivity index (χ0) is 14.4. The lowest BCUT2D eigenvalue weighted by molar-refractivity contribution is -0.0708. The van der Waals surface area contributed by atoms with Gasteiger partial charge < -0.3 is 14.8 Å². The molecule has 1 N–H and O–H groups in total. The number of benzene rings is 1. The summed E-state index contributed by atoms with van der Waals surface area (Å²) in [6.07, 6.45) is 3.04. The van der Waals surface area contributed by atoms with Crippen LogP contribution in [-0.2, 0) is 4.74 Å². The standard InChI is InChI=1S/C16H22N2O2/c1-3-16(2)12-14(7-9-20-16)18-13-5-4-6-15(11-13)19-10-8-17/h4-6,11,14,18H,3,7,9-10,12H2,1-2H3. The number of anilines is 1. The molecule has 1 aromatic carbocycles. The fourth-order valence-electron chi connectivity index (χ4n) is 2.53. The summed E-state index contributed by atoms with van der Waals surface area (Å²) in [5.41, 5.74) is 1.01. The fourth-order valence-corrected chi connectivity index (χ4v) is 2.53. The molecule has 0 saturated carbocycles. The summed E-state index contributed by atoms with van der Waals surface area (Å²) in [4.78, 5) is 0. The lowest BCUT2D eigenvalue weighted by Crippen LogP contribution is -2.41. The van der Waals surface area contributed by atoms with Gasteiger partial charge in [-0.25, -0.2) is 0 Å². The average molecular weight is 274 g/mol. The van der Waals surface area contributed by atoms with Gasteiger partial charge in [0.05, 0.1) is 5.60 Å². The normalized spacial score (nSPS) is 25.8. The van der Waals surface area contributed by atoms with Crippen LogP contribution < -0.4 is 10.1 Å². The Balaban J connectivity index is 1.97. The van der Waals surface area contributed by atoms with Crippen LogP contribution >= 0.6 is 0 Å². The van der Waals surface area contributed by atoms with E-state index in [2.05, 4.69) is 19.2 Å². The first kappa shape index (κ1) is 14.7. The van der Waals surface area contributed by atoms with Crippen molar-refractivity contribution in [1.82, 2.24) is 0 Å². The second-order valence-electron chi connectivity index (χ2n) is 5.46. The highest BCUT2D eigenvalue weighted by Crippen LogP contribution is 2.30. The molecule has 1 aliphatic heterocycles. The maximum atomic E-state index is 8.54. The van der Waals surface area contributed by atoms with Gasteiger partial charge in [0, 0.05) is 24.4 Å². The molecule has 1 aromatic rings. The summed E-state index contributed by atoms with van der Waals surface area (Å²) in [6.45, 7) is 5.22. The highest BCUT2D eigenvalue weighted by Gasteiger charge is 2.31. The van der Waals surface area contributed by atoms with E-state index in [1.54, 1.807) is 0 Å². The average Bonchev–Trinajstić information content (AvgIpc) is 2.46. The lowest BCUT2D eigenvalue weighted by atomic mass is 9.90. The van der Waals surface area contributed by atoms with Gasteiger partial charge in [-0.2, -0.15) is 5.26 Å². The summed E-state index contributed by atoms with van der Waals surface area (Å²) < 4.78 is 11.2. The van der Waals surface area contributed by atoms with Gasteiger partial charge >= 0.3 is 0 Å². The third-order valence-corrected chi connectivity index (χ3v) is 3.85. The molecule has 1 aliphatic rings. The zero-order valence-electron chi connectivity index (χ0n) is 12.2. The van der Waals surface area contributed by atoms with Crippen molar-refractivity contribution in [3.05, 3.63) is 24.3 Å². The molecule has 0 radical (unpaired) electrons. The molecule has 1 heterocycles. The third-order valence-electron chi connectivity index (χ3n) is 3.85. The molecule has 2 rings (SSSR count). The van der Waals surface area contributed by atoms with Crippen LogP contribution in [0.15, 0.2) is 24.3 Å². The van der Waals surface area contributed by atoms with Gasteiger partial charge in [0.25, 0.3) is 0 Å². The number of nitrogens with one attached hydrogen (secondary N) is 1. The van der Waals surface area contributed by atoms with Crippen LogP contribution in [0.2, 0.25) is 0 Å². The quantitative estimate of drug-likeness (QED) is 0.894. The molecular formula is C16H22N2O2. The van der Waals surface area contributed by atoms with E-state index in [9.17, 15) is 0 Å². The summed E-state index contributed by atoms with van der Waals surface area (Å²) >= 11 is 0. The molecule has 1 fully saturated rings. The Morgan fingerprint density at radius 3 is 3.15 bits per heavy atom. The highest BCUT2D eigenvalue weighted by atomic mass is 16.5. The Hall–Kier alpha value is -1.73. The van der Waals surface area contributed by atoms with Crippen molar-refractivity contribution in [3.8, 4) is 11.8 Å². The van der Waals surface area contributed by atoms with Crippen molar-refractivity contribution >= 4 is 5.69 Å². The third kappa shape index (κ3) is 3.88. The SMILES string of the molecule is CCC1(C)CC(Nc2cccc(OCC#N)c2)CCO1. The molecule has 0 aromatic heterocycles. The Morgan fingerprint density at radius 2 is 2.40 bits per heavy atom. The predicted molar refractivity (Wildman–Crippen MR) is 78.8 cm³/mol. The monoisotopic (exact) mass is 274 g/mol. The fraction of sp³-hybridized carbons (Fsp3) is 0.562. The molecule has 2 atom stereocenters. The van der Waals surface area contributed by atoms with Crippen LogP contribution in [0.25, 0.3) is 0 Å². The first-order chi connectivity index (χ1) is 9.65. The van der Waals surface area contributed by atoms with E-state index in [0.29, 0.717) is 6.04 Å². The highest BCUT2D eigenvalue weighted by molar-refractivity contribution is 5.49. The first-order valence-corrected chi connectivity index (χ1v) is 7.15. The molecular weight excluding hydrogens is 252 g/mol. The van der Waals surface area contributed by atoms with Crippen LogP contribution in [-0.4, -0.2) is 24.9 Å². The van der Waals surface area contributed by atoms with Crippen molar-refractivity contribution in [3.63, 3.8) is 0 Å². The maximum absolute atomic E-state index is 8.54. The maximum Gasteiger partial charge on any atom is 0.174 e. The van der Waals surface area contributed by atoms with E-state index >= 15 is 0 Å². The number of ether oxygens (including phenoxy) is 2. The Morgan fingerprint density at radius 1 is 1.55 bits per heavy atom. The molecule has 0 aliphatic carbocycles. The summed E-state index contributed by atoms with van der Waals surface area (Å²) in [6, 6.07) is 10.2. The van der Waals surface area contributed by atoms with E-state index in [1.165, 1.54) is 0 Å². The van der Waals surface area contributed by atoms with E-state index in [0.717, 1.165) is 37.3 Å². The van der Waals surface area contributed by atoms with E-state index in [1.807, 2.05) is 30.3 Å². The van der Waals surface area contributed by atoms with Crippen LogP contribution in [0.4, 0.5) is 5.69 Å². The summed E-state index contributed by atoms with van der Waals surface area (Å²) in [5, 5.41) is 12.1. The molecule has 4 heteroatoms. The minimum absolute atomic E-state index is 0.0230.